The molecule has 0 spiro atoms. The number of carbonyl (C=O) groups excluding carboxylic acids is 1. The van der Waals surface area contributed by atoms with E-state index in [1.54, 1.807) is 37.6 Å². The third kappa shape index (κ3) is 2.75. The van der Waals surface area contributed by atoms with Gasteiger partial charge in [-0.1, -0.05) is 18.2 Å². The highest BCUT2D eigenvalue weighted by Gasteiger charge is 2.14. The van der Waals surface area contributed by atoms with Gasteiger partial charge in [0, 0.05) is 23.1 Å². The summed E-state index contributed by atoms with van der Waals surface area (Å²) < 4.78 is 1.43. The van der Waals surface area contributed by atoms with E-state index >= 15 is 0 Å². The molecule has 0 bridgehead atoms. The number of rotatable bonds is 3. The summed E-state index contributed by atoms with van der Waals surface area (Å²) in [5, 5.41) is 2.76. The number of amides is 1. The van der Waals surface area contributed by atoms with Gasteiger partial charge in [-0.05, 0) is 31.2 Å². The average molecular weight is 345 g/mol. The van der Waals surface area contributed by atoms with Gasteiger partial charge in [0.05, 0.1) is 18.2 Å². The van der Waals surface area contributed by atoms with Crippen molar-refractivity contribution in [2.75, 3.05) is 5.32 Å². The molecule has 7 nitrogen and oxygen atoms in total. The van der Waals surface area contributed by atoms with Crippen LogP contribution in [0.4, 0.5) is 5.69 Å². The molecule has 4 rings (SSSR count). The van der Waals surface area contributed by atoms with Crippen LogP contribution in [0.2, 0.25) is 0 Å². The molecule has 0 fully saturated rings. The molecule has 3 aromatic heterocycles. The van der Waals surface area contributed by atoms with E-state index in [1.807, 2.05) is 24.3 Å². The first kappa shape index (κ1) is 15.8. The van der Waals surface area contributed by atoms with E-state index in [2.05, 4.69) is 20.3 Å². The molecule has 0 aliphatic heterocycles. The van der Waals surface area contributed by atoms with Crippen molar-refractivity contribution in [2.45, 2.75) is 6.92 Å². The van der Waals surface area contributed by atoms with Crippen molar-refractivity contribution in [3.8, 4) is 11.3 Å². The third-order valence-electron chi connectivity index (χ3n) is 4.10. The normalized spacial score (nSPS) is 10.8. The number of imidazole rings is 1. The van der Waals surface area contributed by atoms with Crippen LogP contribution in [0.5, 0.6) is 0 Å². The van der Waals surface area contributed by atoms with Crippen molar-refractivity contribution in [3.05, 3.63) is 82.8 Å². The van der Waals surface area contributed by atoms with Gasteiger partial charge in [-0.25, -0.2) is 9.97 Å². The molecule has 26 heavy (non-hydrogen) atoms. The summed E-state index contributed by atoms with van der Waals surface area (Å²) in [6.07, 6.45) is 4.60. The fraction of sp³-hybridized carbons (Fsp3) is 0.0526. The maximum atomic E-state index is 12.7. The van der Waals surface area contributed by atoms with Crippen molar-refractivity contribution in [1.29, 1.82) is 0 Å². The minimum absolute atomic E-state index is 0.0104. The second kappa shape index (κ2) is 6.29. The van der Waals surface area contributed by atoms with Crippen molar-refractivity contribution >= 4 is 17.2 Å². The molecule has 0 aliphatic carbocycles. The number of fused-ring (bicyclic) bond motifs is 1. The Kier molecular flexibility index (Phi) is 3.81. The second-order valence-electron chi connectivity index (χ2n) is 5.84. The Morgan fingerprint density at radius 2 is 2.00 bits per heavy atom. The predicted molar refractivity (Wildman–Crippen MR) is 98.2 cm³/mol. The van der Waals surface area contributed by atoms with Gasteiger partial charge in [0.25, 0.3) is 11.5 Å². The monoisotopic (exact) mass is 345 g/mol. The quantitative estimate of drug-likeness (QED) is 0.597. The van der Waals surface area contributed by atoms with Gasteiger partial charge < -0.3 is 10.3 Å². The lowest BCUT2D eigenvalue weighted by atomic mass is 10.1. The van der Waals surface area contributed by atoms with Crippen molar-refractivity contribution in [3.63, 3.8) is 0 Å². The van der Waals surface area contributed by atoms with Crippen LogP contribution < -0.4 is 10.9 Å². The number of hydrogen-bond donors (Lipinski definition) is 2. The zero-order valence-electron chi connectivity index (χ0n) is 13.9. The molecule has 2 N–H and O–H groups in total. The number of carbonyl (C=O) groups is 1. The summed E-state index contributed by atoms with van der Waals surface area (Å²) in [6.45, 7) is 1.80. The molecule has 0 saturated heterocycles. The fourth-order valence-electron chi connectivity index (χ4n) is 2.81. The van der Waals surface area contributed by atoms with Crippen LogP contribution in [0.25, 0.3) is 16.9 Å². The van der Waals surface area contributed by atoms with E-state index in [4.69, 9.17) is 0 Å². The van der Waals surface area contributed by atoms with Gasteiger partial charge in [-0.2, -0.15) is 0 Å². The standard InChI is InChI=1S/C19H15N5O2/c1-12-4-2-7-17-21-9-15(19(26)24(12)17)18(25)23-14-6-3-5-13(8-14)16-10-20-11-22-16/h2-11H,1H3,(H,20,22)(H,23,25). The van der Waals surface area contributed by atoms with E-state index in [0.717, 1.165) is 17.0 Å². The molecule has 0 aliphatic rings. The molecule has 0 unspecified atom stereocenters. The fourth-order valence-corrected chi connectivity index (χ4v) is 2.81. The SMILES string of the molecule is Cc1cccc2ncc(C(=O)Nc3cccc(-c4cnc[nH]4)c3)c(=O)n12. The van der Waals surface area contributed by atoms with Gasteiger partial charge in [-0.15, -0.1) is 0 Å². The minimum atomic E-state index is -0.498. The number of H-pyrrole nitrogens is 1. The molecule has 3 heterocycles. The van der Waals surface area contributed by atoms with Gasteiger partial charge >= 0.3 is 0 Å². The molecular formula is C19H15N5O2. The maximum absolute atomic E-state index is 12.7. The third-order valence-corrected chi connectivity index (χ3v) is 4.10. The summed E-state index contributed by atoms with van der Waals surface area (Å²) in [7, 11) is 0. The van der Waals surface area contributed by atoms with Crippen molar-refractivity contribution in [1.82, 2.24) is 19.4 Å². The highest BCUT2D eigenvalue weighted by atomic mass is 16.2. The summed E-state index contributed by atoms with van der Waals surface area (Å²) in [4.78, 5) is 36.5. The predicted octanol–water partition coefficient (Wildman–Crippen LogP) is 2.65. The highest BCUT2D eigenvalue weighted by Crippen LogP contribution is 2.20. The zero-order valence-corrected chi connectivity index (χ0v) is 13.9. The lowest BCUT2D eigenvalue weighted by Crippen LogP contribution is -2.27. The molecule has 1 aromatic carbocycles. The summed E-state index contributed by atoms with van der Waals surface area (Å²) >= 11 is 0. The molecule has 0 saturated carbocycles. The molecule has 1 amide bonds. The molecule has 128 valence electrons. The van der Waals surface area contributed by atoms with Crippen LogP contribution in [0, 0.1) is 6.92 Å². The summed E-state index contributed by atoms with van der Waals surface area (Å²) in [5.41, 5.74) is 3.12. The van der Waals surface area contributed by atoms with Crippen molar-refractivity contribution in [2.24, 2.45) is 0 Å². The topological polar surface area (TPSA) is 92.2 Å². The lowest BCUT2D eigenvalue weighted by Gasteiger charge is -2.08. The Morgan fingerprint density at radius 1 is 1.15 bits per heavy atom. The number of nitrogens with zero attached hydrogens (tertiary/aromatic N) is 3. The Bertz CT molecular complexity index is 1160. The van der Waals surface area contributed by atoms with Crippen LogP contribution >= 0.6 is 0 Å². The Balaban J connectivity index is 1.68. The number of aryl methyl sites for hydroxylation is 1. The van der Waals surface area contributed by atoms with Crippen LogP contribution in [0.15, 0.2) is 66.0 Å². The number of benzene rings is 1. The van der Waals surface area contributed by atoms with Crippen LogP contribution in [0.3, 0.4) is 0 Å². The molecule has 4 aromatic rings. The smallest absolute Gasteiger partial charge is 0.270 e. The second-order valence-corrected chi connectivity index (χ2v) is 5.84. The van der Waals surface area contributed by atoms with Crippen molar-refractivity contribution < 1.29 is 4.79 Å². The summed E-state index contributed by atoms with van der Waals surface area (Å²) in [6, 6.07) is 12.6. The van der Waals surface area contributed by atoms with E-state index < -0.39 is 11.5 Å². The molecular weight excluding hydrogens is 330 g/mol. The van der Waals surface area contributed by atoms with E-state index in [1.165, 1.54) is 10.6 Å². The first-order valence-corrected chi connectivity index (χ1v) is 8.01. The van der Waals surface area contributed by atoms with E-state index in [-0.39, 0.29) is 5.56 Å². The number of hydrogen-bond acceptors (Lipinski definition) is 4. The number of aromatic nitrogens is 4. The number of anilines is 1. The summed E-state index contributed by atoms with van der Waals surface area (Å²) in [5.74, 6) is -0.498. The minimum Gasteiger partial charge on any atom is -0.345 e. The Hall–Kier alpha value is -3.74. The molecule has 0 radical (unpaired) electrons. The lowest BCUT2D eigenvalue weighted by molar-refractivity contribution is 0.102. The number of aromatic amines is 1. The van der Waals surface area contributed by atoms with Gasteiger partial charge in [0.1, 0.15) is 11.2 Å². The molecule has 0 atom stereocenters. The average Bonchev–Trinajstić information content (AvgIpc) is 3.17. The molecule has 7 heteroatoms. The largest absolute Gasteiger partial charge is 0.345 e. The van der Waals surface area contributed by atoms with E-state index in [9.17, 15) is 9.59 Å². The first-order valence-electron chi connectivity index (χ1n) is 8.01. The first-order chi connectivity index (χ1) is 12.6. The van der Waals surface area contributed by atoms with Crippen LogP contribution in [-0.2, 0) is 0 Å². The zero-order chi connectivity index (χ0) is 18.1. The van der Waals surface area contributed by atoms with Gasteiger partial charge in [0.2, 0.25) is 0 Å². The van der Waals surface area contributed by atoms with Gasteiger partial charge in [0.15, 0.2) is 0 Å². The Morgan fingerprint density at radius 3 is 2.81 bits per heavy atom. The van der Waals surface area contributed by atoms with Crippen LogP contribution in [0.1, 0.15) is 16.1 Å². The van der Waals surface area contributed by atoms with Gasteiger partial charge in [-0.3, -0.25) is 14.0 Å². The van der Waals surface area contributed by atoms with Crippen LogP contribution in [-0.4, -0.2) is 25.3 Å². The number of nitrogens with one attached hydrogen (secondary N) is 2. The number of pyridine rings is 1. The van der Waals surface area contributed by atoms with E-state index in [0.29, 0.717) is 11.3 Å². The highest BCUT2D eigenvalue weighted by molar-refractivity contribution is 6.04. The Labute approximate surface area is 148 Å². The maximum Gasteiger partial charge on any atom is 0.270 e.